The number of cyclic esters (lactones) is 1. The molecule has 0 aromatic heterocycles. The molecule has 0 spiro atoms. The third-order valence-electron chi connectivity index (χ3n) is 11.5. The van der Waals surface area contributed by atoms with Crippen molar-refractivity contribution in [3.05, 3.63) is 59.2 Å². The maximum absolute atomic E-state index is 14.1. The Labute approximate surface area is 325 Å². The van der Waals surface area contributed by atoms with Crippen molar-refractivity contribution in [1.82, 2.24) is 0 Å². The van der Waals surface area contributed by atoms with E-state index in [2.05, 4.69) is 92.9 Å². The van der Waals surface area contributed by atoms with Crippen LogP contribution < -0.4 is 0 Å². The van der Waals surface area contributed by atoms with E-state index in [1.807, 2.05) is 0 Å². The number of allylic oxidation sites excluding steroid dienone is 2. The monoisotopic (exact) mass is 794 g/mol. The van der Waals surface area contributed by atoms with Crippen molar-refractivity contribution in [1.29, 1.82) is 0 Å². The van der Waals surface area contributed by atoms with Gasteiger partial charge in [0.2, 0.25) is 0 Å². The van der Waals surface area contributed by atoms with Gasteiger partial charge in [-0.25, -0.2) is 9.59 Å². The first-order valence-corrected chi connectivity index (χ1v) is 25.3. The number of esters is 2. The average Bonchev–Trinajstić information content (AvgIpc) is 3.03. The Bertz CT molecular complexity index is 1520. The van der Waals surface area contributed by atoms with Crippen molar-refractivity contribution >= 4 is 30.0 Å². The number of hydrogen-bond acceptors (Lipinski definition) is 7. The van der Waals surface area contributed by atoms with Crippen LogP contribution >= 0.6 is 0 Å². The quantitative estimate of drug-likeness (QED) is 0.154. The van der Waals surface area contributed by atoms with E-state index in [1.54, 1.807) is 13.8 Å². The van der Waals surface area contributed by atoms with Gasteiger partial charge >= 0.3 is 18.1 Å². The molecular formula is C42H65F3O7Si2. The fraction of sp³-hybridized carbons (Fsp3) is 0.714. The van der Waals surface area contributed by atoms with Crippen LogP contribution in [0.1, 0.15) is 99.1 Å². The van der Waals surface area contributed by atoms with E-state index in [0.717, 1.165) is 17.7 Å². The molecule has 54 heavy (non-hydrogen) atoms. The highest BCUT2D eigenvalue weighted by Gasteiger charge is 2.55. The number of hydrogen-bond donors (Lipinski definition) is 0. The zero-order valence-corrected chi connectivity index (χ0v) is 37.1. The molecule has 1 heterocycles. The molecule has 0 bridgehead atoms. The fourth-order valence-electron chi connectivity index (χ4n) is 8.30. The van der Waals surface area contributed by atoms with E-state index in [4.69, 9.17) is 23.1 Å². The van der Waals surface area contributed by atoms with Gasteiger partial charge in [-0.3, -0.25) is 0 Å². The fourth-order valence-corrected chi connectivity index (χ4v) is 10.5. The Kier molecular flexibility index (Phi) is 13.7. The van der Waals surface area contributed by atoms with E-state index < -0.39 is 59.2 Å². The Morgan fingerprint density at radius 3 is 2.09 bits per heavy atom. The highest BCUT2D eigenvalue weighted by molar-refractivity contribution is 6.49. The minimum absolute atomic E-state index is 0.00913. The molecular weight excluding hydrogens is 730 g/mol. The van der Waals surface area contributed by atoms with Crippen LogP contribution in [-0.4, -0.2) is 59.5 Å². The largest absolute Gasteiger partial charge is 0.460 e. The lowest BCUT2D eigenvalue weighted by Gasteiger charge is -2.54. The van der Waals surface area contributed by atoms with Gasteiger partial charge in [-0.05, 0) is 106 Å². The van der Waals surface area contributed by atoms with Gasteiger partial charge in [0, 0.05) is 17.8 Å². The number of carbonyl (C=O) groups is 2. The summed E-state index contributed by atoms with van der Waals surface area (Å²) in [6.07, 6.45) is 3.35. The summed E-state index contributed by atoms with van der Waals surface area (Å²) in [5.74, 6) is -1.00. The molecule has 0 N–H and O–H groups in total. The number of alkyl halides is 3. The SMILES string of the molecule is C[C@H]1C=CC2=C[C@@H](C(C)(C)C)C[C@H](OC(=O)C(C)(C)OCc3ccc(C(F)(F)F)cc3)[C@@H]2[C@@]1(CC[C@@H]1C[C@H](C(C)(C)C)C(O[SiH](C)C)C(=O)O1)O[SiH](C)C. The van der Waals surface area contributed by atoms with Crippen LogP contribution in [0.3, 0.4) is 0 Å². The van der Waals surface area contributed by atoms with E-state index in [1.165, 1.54) is 12.1 Å². The highest BCUT2D eigenvalue weighted by Crippen LogP contribution is 2.53. The second-order valence-corrected chi connectivity index (χ2v) is 23.7. The molecule has 1 unspecified atom stereocenters. The van der Waals surface area contributed by atoms with Crippen molar-refractivity contribution in [2.75, 3.05) is 0 Å². The second-order valence-electron chi connectivity index (χ2n) is 19.0. The summed E-state index contributed by atoms with van der Waals surface area (Å²) in [5.41, 5.74) is -1.52. The molecule has 0 saturated carbocycles. The number of halogens is 3. The average molecular weight is 795 g/mol. The van der Waals surface area contributed by atoms with Gasteiger partial charge in [0.05, 0.1) is 17.8 Å². The molecule has 3 aliphatic rings. The van der Waals surface area contributed by atoms with Crippen LogP contribution in [0.2, 0.25) is 26.2 Å². The van der Waals surface area contributed by atoms with E-state index in [9.17, 15) is 22.8 Å². The molecule has 1 aliphatic heterocycles. The second kappa shape index (κ2) is 16.7. The molecule has 7 nitrogen and oxygen atoms in total. The summed E-state index contributed by atoms with van der Waals surface area (Å²) in [5, 5.41) is 0. The minimum atomic E-state index is -4.44. The van der Waals surface area contributed by atoms with Crippen LogP contribution in [0.25, 0.3) is 0 Å². The molecule has 1 fully saturated rings. The first-order chi connectivity index (χ1) is 24.7. The lowest BCUT2D eigenvalue weighted by atomic mass is 9.59. The summed E-state index contributed by atoms with van der Waals surface area (Å²) < 4.78 is 71.6. The number of fused-ring (bicyclic) bond motifs is 1. The van der Waals surface area contributed by atoms with Gasteiger partial charge in [0.25, 0.3) is 0 Å². The van der Waals surface area contributed by atoms with Crippen LogP contribution in [-0.2, 0) is 45.4 Å². The first kappa shape index (κ1) is 44.5. The molecule has 1 aromatic rings. The van der Waals surface area contributed by atoms with Gasteiger partial charge in [0.15, 0.2) is 23.7 Å². The van der Waals surface area contributed by atoms with Gasteiger partial charge in [0.1, 0.15) is 18.3 Å². The Balaban J connectivity index is 1.64. The summed E-state index contributed by atoms with van der Waals surface area (Å²) in [4.78, 5) is 27.6. The predicted octanol–water partition coefficient (Wildman–Crippen LogP) is 9.59. The Morgan fingerprint density at radius 2 is 1.56 bits per heavy atom. The lowest BCUT2D eigenvalue weighted by molar-refractivity contribution is -0.187. The highest BCUT2D eigenvalue weighted by atomic mass is 28.3. The number of benzene rings is 1. The summed E-state index contributed by atoms with van der Waals surface area (Å²) in [7, 11) is -3.20. The number of carbonyl (C=O) groups excluding carboxylic acids is 2. The van der Waals surface area contributed by atoms with Gasteiger partial charge in [-0.2, -0.15) is 13.2 Å². The molecule has 0 radical (unpaired) electrons. The normalized spacial score (nSPS) is 29.6. The van der Waals surface area contributed by atoms with Crippen molar-refractivity contribution in [2.45, 2.75) is 156 Å². The van der Waals surface area contributed by atoms with Crippen molar-refractivity contribution in [3.8, 4) is 0 Å². The third kappa shape index (κ3) is 10.6. The number of ether oxygens (including phenoxy) is 3. The van der Waals surface area contributed by atoms with Crippen LogP contribution in [0.15, 0.2) is 48.1 Å². The topological polar surface area (TPSA) is 80.3 Å². The Morgan fingerprint density at radius 1 is 0.926 bits per heavy atom. The third-order valence-corrected chi connectivity index (χ3v) is 13.2. The summed E-state index contributed by atoms with van der Waals surface area (Å²) in [6, 6.07) is 4.75. The van der Waals surface area contributed by atoms with Crippen LogP contribution in [0.4, 0.5) is 13.2 Å². The van der Waals surface area contributed by atoms with E-state index >= 15 is 0 Å². The molecule has 304 valence electrons. The first-order valence-electron chi connectivity index (χ1n) is 19.7. The molecule has 2 aliphatic carbocycles. The smallest absolute Gasteiger partial charge is 0.416 e. The zero-order chi connectivity index (χ0) is 40.6. The standard InChI is InChI=1S/C42H65F3O7Si2/c1-26-14-17-28-22-30(38(2,3)4)23-33(50-37(47)40(8,9)48-25-27-15-18-29(19-16-27)42(43,44)45)34(28)41(26,52-54(12)13)21-20-31-24-32(39(5,6)7)35(36(46)49-31)51-53(10)11/h14-19,22,26,30-35,53-54H,20-21,23-25H2,1-13H3/t26-,30+,31+,32-,33-,34+,35?,41-/m0/s1. The van der Waals surface area contributed by atoms with Crippen molar-refractivity contribution < 1.29 is 45.8 Å². The van der Waals surface area contributed by atoms with Crippen molar-refractivity contribution in [2.24, 2.45) is 34.5 Å². The summed E-state index contributed by atoms with van der Waals surface area (Å²) in [6.45, 7) is 26.9. The van der Waals surface area contributed by atoms with Crippen LogP contribution in [0.5, 0.6) is 0 Å². The zero-order valence-electron chi connectivity index (χ0n) is 34.8. The van der Waals surface area contributed by atoms with Crippen molar-refractivity contribution in [3.63, 3.8) is 0 Å². The molecule has 8 atom stereocenters. The van der Waals surface area contributed by atoms with E-state index in [0.29, 0.717) is 31.2 Å². The summed E-state index contributed by atoms with van der Waals surface area (Å²) >= 11 is 0. The van der Waals surface area contributed by atoms with Crippen LogP contribution in [0, 0.1) is 34.5 Å². The van der Waals surface area contributed by atoms with Gasteiger partial charge < -0.3 is 23.1 Å². The maximum atomic E-state index is 14.1. The molecule has 12 heteroatoms. The molecule has 1 aromatic carbocycles. The lowest BCUT2D eigenvalue weighted by Crippen LogP contribution is -2.58. The van der Waals surface area contributed by atoms with E-state index in [-0.39, 0.29) is 53.2 Å². The molecule has 1 saturated heterocycles. The Hall–Kier alpha value is -2.26. The maximum Gasteiger partial charge on any atom is 0.416 e. The predicted molar refractivity (Wildman–Crippen MR) is 211 cm³/mol. The van der Waals surface area contributed by atoms with Gasteiger partial charge in [-0.1, -0.05) is 78.8 Å². The van der Waals surface area contributed by atoms with Gasteiger partial charge in [-0.15, -0.1) is 0 Å². The minimum Gasteiger partial charge on any atom is -0.460 e. The molecule has 0 amide bonds. The number of rotatable bonds is 12. The molecule has 4 rings (SSSR count).